The maximum atomic E-state index is 13.0. The van der Waals surface area contributed by atoms with Gasteiger partial charge in [-0.25, -0.2) is 4.98 Å². The SMILES string of the molecule is CCCCN1C(=O)c2sccc2N2C(CCC(=O)N3CCN(c4ccccn4)CC3)=NNC12. The molecule has 3 aliphatic heterocycles. The van der Waals surface area contributed by atoms with Crippen LogP contribution in [0.15, 0.2) is 40.9 Å². The van der Waals surface area contributed by atoms with Gasteiger partial charge in [0, 0.05) is 51.8 Å². The third-order valence-corrected chi connectivity index (χ3v) is 7.30. The van der Waals surface area contributed by atoms with E-state index in [2.05, 4.69) is 32.2 Å². The zero-order valence-corrected chi connectivity index (χ0v) is 19.6. The first-order valence-corrected chi connectivity index (χ1v) is 12.5. The van der Waals surface area contributed by atoms with E-state index in [0.29, 0.717) is 32.5 Å². The van der Waals surface area contributed by atoms with Gasteiger partial charge in [0.05, 0.1) is 5.69 Å². The Labute approximate surface area is 197 Å². The molecule has 0 aromatic carbocycles. The molecular weight excluding hydrogens is 438 g/mol. The highest BCUT2D eigenvalue weighted by Gasteiger charge is 2.43. The van der Waals surface area contributed by atoms with E-state index in [1.807, 2.05) is 39.4 Å². The topological polar surface area (TPSA) is 84.4 Å². The van der Waals surface area contributed by atoms with Crippen LogP contribution in [0.5, 0.6) is 0 Å². The summed E-state index contributed by atoms with van der Waals surface area (Å²) in [5, 5.41) is 6.49. The van der Waals surface area contributed by atoms with E-state index < -0.39 is 0 Å². The Morgan fingerprint density at radius 2 is 2.06 bits per heavy atom. The first-order valence-electron chi connectivity index (χ1n) is 11.6. The molecule has 1 unspecified atom stereocenters. The Hall–Kier alpha value is -3.14. The van der Waals surface area contributed by atoms with Gasteiger partial charge in [0.2, 0.25) is 12.2 Å². The van der Waals surface area contributed by atoms with Crippen LogP contribution in [0.4, 0.5) is 11.5 Å². The first-order chi connectivity index (χ1) is 16.2. The van der Waals surface area contributed by atoms with Gasteiger partial charge in [-0.1, -0.05) is 19.4 Å². The van der Waals surface area contributed by atoms with Crippen LogP contribution in [0.3, 0.4) is 0 Å². The predicted octanol–water partition coefficient (Wildman–Crippen LogP) is 2.53. The molecule has 5 heterocycles. The van der Waals surface area contributed by atoms with Gasteiger partial charge in [-0.2, -0.15) is 5.10 Å². The highest BCUT2D eigenvalue weighted by atomic mass is 32.1. The van der Waals surface area contributed by atoms with E-state index in [0.717, 1.165) is 48.1 Å². The van der Waals surface area contributed by atoms with Crippen LogP contribution in [0.25, 0.3) is 0 Å². The molecule has 2 amide bonds. The normalized spacial score (nSPS) is 19.8. The molecule has 0 radical (unpaired) electrons. The molecule has 0 aliphatic carbocycles. The summed E-state index contributed by atoms with van der Waals surface area (Å²) in [6, 6.07) is 7.88. The van der Waals surface area contributed by atoms with Crippen molar-refractivity contribution in [2.45, 2.75) is 38.9 Å². The van der Waals surface area contributed by atoms with Crippen molar-refractivity contribution in [2.24, 2.45) is 5.10 Å². The van der Waals surface area contributed by atoms with E-state index in [9.17, 15) is 9.59 Å². The molecule has 33 heavy (non-hydrogen) atoms. The number of rotatable bonds is 7. The summed E-state index contributed by atoms with van der Waals surface area (Å²) in [6.45, 7) is 5.76. The van der Waals surface area contributed by atoms with Crippen molar-refractivity contribution in [1.29, 1.82) is 0 Å². The number of amides is 2. The summed E-state index contributed by atoms with van der Waals surface area (Å²) >= 11 is 1.47. The number of thiophene rings is 1. The van der Waals surface area contributed by atoms with Gasteiger partial charge in [-0.3, -0.25) is 24.8 Å². The zero-order chi connectivity index (χ0) is 22.8. The Morgan fingerprint density at radius 1 is 1.21 bits per heavy atom. The number of carbonyl (C=O) groups is 2. The number of aromatic nitrogens is 1. The molecule has 3 aliphatic rings. The van der Waals surface area contributed by atoms with Gasteiger partial charge in [0.15, 0.2) is 0 Å². The lowest BCUT2D eigenvalue weighted by Gasteiger charge is -2.40. The maximum absolute atomic E-state index is 13.0. The smallest absolute Gasteiger partial charge is 0.269 e. The summed E-state index contributed by atoms with van der Waals surface area (Å²) in [7, 11) is 0. The van der Waals surface area contributed by atoms with E-state index in [-0.39, 0.29) is 18.1 Å². The van der Waals surface area contributed by atoms with Crippen LogP contribution in [0, 0.1) is 0 Å². The second kappa shape index (κ2) is 9.38. The molecule has 1 N–H and O–H groups in total. The molecular formula is C23H29N7O2S. The van der Waals surface area contributed by atoms with Gasteiger partial charge >= 0.3 is 0 Å². The number of nitrogens with zero attached hydrogens (tertiary/aromatic N) is 6. The van der Waals surface area contributed by atoms with Gasteiger partial charge in [0.1, 0.15) is 16.5 Å². The zero-order valence-electron chi connectivity index (χ0n) is 18.8. The number of piperazine rings is 1. The van der Waals surface area contributed by atoms with Crippen molar-refractivity contribution >= 4 is 40.5 Å². The lowest BCUT2D eigenvalue weighted by molar-refractivity contribution is -0.131. The van der Waals surface area contributed by atoms with Crippen LogP contribution >= 0.6 is 11.3 Å². The number of anilines is 2. The molecule has 0 spiro atoms. The largest absolute Gasteiger partial charge is 0.353 e. The van der Waals surface area contributed by atoms with Crippen molar-refractivity contribution < 1.29 is 9.59 Å². The van der Waals surface area contributed by atoms with E-state index in [4.69, 9.17) is 0 Å². The average Bonchev–Trinajstić information content (AvgIpc) is 3.50. The quantitative estimate of drug-likeness (QED) is 0.674. The number of hydrazone groups is 1. The predicted molar refractivity (Wildman–Crippen MR) is 129 cm³/mol. The fourth-order valence-corrected chi connectivity index (χ4v) is 5.43. The fourth-order valence-electron chi connectivity index (χ4n) is 4.59. The molecule has 0 bridgehead atoms. The van der Waals surface area contributed by atoms with E-state index in [1.165, 1.54) is 11.3 Å². The standard InChI is InChI=1S/C23H29N7O2S/c1-2-3-11-29-22(32)21-17(9-16-33-21)30-19(25-26-23(29)30)7-8-20(31)28-14-12-27(13-15-28)18-6-4-5-10-24-18/h4-6,9-10,16,23,26H,2-3,7-8,11-15H2,1H3. The Kier molecular flexibility index (Phi) is 6.17. The molecule has 174 valence electrons. The number of unbranched alkanes of at least 4 members (excludes halogenated alkanes) is 1. The fraction of sp³-hybridized carbons (Fsp3) is 0.478. The van der Waals surface area contributed by atoms with Gasteiger partial charge in [-0.15, -0.1) is 11.3 Å². The summed E-state index contributed by atoms with van der Waals surface area (Å²) in [5.41, 5.74) is 4.03. The molecule has 1 saturated heterocycles. The van der Waals surface area contributed by atoms with Crippen LogP contribution in [0.1, 0.15) is 42.3 Å². The highest BCUT2D eigenvalue weighted by molar-refractivity contribution is 7.12. The van der Waals surface area contributed by atoms with Crippen molar-refractivity contribution in [3.05, 3.63) is 40.7 Å². The Bertz CT molecular complexity index is 1030. The molecule has 5 rings (SSSR count). The number of pyridine rings is 1. The minimum atomic E-state index is -0.307. The minimum absolute atomic E-state index is 0.0560. The van der Waals surface area contributed by atoms with Crippen molar-refractivity contribution in [3.63, 3.8) is 0 Å². The van der Waals surface area contributed by atoms with E-state index >= 15 is 0 Å². The summed E-state index contributed by atoms with van der Waals surface area (Å²) in [5.74, 6) is 1.97. The molecule has 1 fully saturated rings. The van der Waals surface area contributed by atoms with E-state index in [1.54, 1.807) is 6.20 Å². The van der Waals surface area contributed by atoms with Crippen molar-refractivity contribution in [3.8, 4) is 0 Å². The summed E-state index contributed by atoms with van der Waals surface area (Å²) < 4.78 is 0. The Morgan fingerprint density at radius 3 is 2.82 bits per heavy atom. The number of hydrogen-bond acceptors (Lipinski definition) is 8. The molecule has 2 aromatic heterocycles. The minimum Gasteiger partial charge on any atom is -0.353 e. The summed E-state index contributed by atoms with van der Waals surface area (Å²) in [6.07, 6.45) is 4.38. The molecule has 10 heteroatoms. The average molecular weight is 468 g/mol. The highest BCUT2D eigenvalue weighted by Crippen LogP contribution is 2.37. The lowest BCUT2D eigenvalue weighted by Crippen LogP contribution is -2.58. The van der Waals surface area contributed by atoms with Crippen LogP contribution in [0.2, 0.25) is 0 Å². The van der Waals surface area contributed by atoms with Gasteiger partial charge in [-0.05, 0) is 30.0 Å². The number of hydrogen-bond donors (Lipinski definition) is 1. The molecule has 0 saturated carbocycles. The molecule has 2 aromatic rings. The third-order valence-electron chi connectivity index (χ3n) is 6.41. The number of nitrogens with one attached hydrogen (secondary N) is 1. The third kappa shape index (κ3) is 4.15. The molecule has 9 nitrogen and oxygen atoms in total. The van der Waals surface area contributed by atoms with Crippen LogP contribution < -0.4 is 15.2 Å². The van der Waals surface area contributed by atoms with Crippen molar-refractivity contribution in [1.82, 2.24) is 20.2 Å². The first kappa shape index (κ1) is 21.7. The Balaban J connectivity index is 1.20. The number of fused-ring (bicyclic) bond motifs is 3. The summed E-state index contributed by atoms with van der Waals surface area (Å²) in [4.78, 5) is 39.2. The molecule has 1 atom stereocenters. The van der Waals surface area contributed by atoms with Crippen LogP contribution in [-0.4, -0.2) is 71.4 Å². The number of carbonyl (C=O) groups excluding carboxylic acids is 2. The lowest BCUT2D eigenvalue weighted by atomic mass is 10.1. The van der Waals surface area contributed by atoms with Crippen molar-refractivity contribution in [2.75, 3.05) is 42.5 Å². The second-order valence-corrected chi connectivity index (χ2v) is 9.36. The monoisotopic (exact) mass is 467 g/mol. The maximum Gasteiger partial charge on any atom is 0.269 e. The van der Waals surface area contributed by atoms with Gasteiger partial charge in [0.25, 0.3) is 5.91 Å². The number of amidine groups is 1. The van der Waals surface area contributed by atoms with Gasteiger partial charge < -0.3 is 9.80 Å². The second-order valence-electron chi connectivity index (χ2n) is 8.44. The van der Waals surface area contributed by atoms with Crippen LogP contribution in [-0.2, 0) is 4.79 Å².